The fourth-order valence-electron chi connectivity index (χ4n) is 5.48. The molecule has 35 heavy (non-hydrogen) atoms. The summed E-state index contributed by atoms with van der Waals surface area (Å²) >= 11 is 0. The van der Waals surface area contributed by atoms with E-state index in [2.05, 4.69) is 39.2 Å². The van der Waals surface area contributed by atoms with Gasteiger partial charge in [0.05, 0.1) is 25.2 Å². The Morgan fingerprint density at radius 3 is 2.37 bits per heavy atom. The molecule has 2 fully saturated rings. The quantitative estimate of drug-likeness (QED) is 0.493. The third-order valence-corrected chi connectivity index (χ3v) is 12.6. The zero-order chi connectivity index (χ0) is 25.5. The van der Waals surface area contributed by atoms with E-state index in [4.69, 9.17) is 28.1 Å². The number of rotatable bonds is 3. The van der Waals surface area contributed by atoms with Crippen LogP contribution < -0.4 is 14.8 Å². The number of benzene rings is 1. The second-order valence-electron chi connectivity index (χ2n) is 11.8. The lowest BCUT2D eigenvalue weighted by atomic mass is 9.65. The fraction of sp³-hybridized carbons (Fsp3) is 0.680. The molecule has 0 unspecified atom stereocenters. The molecule has 1 N–H and O–H groups in total. The summed E-state index contributed by atoms with van der Waals surface area (Å²) in [6, 6.07) is 2.99. The first kappa shape index (κ1) is 24.5. The first-order chi connectivity index (χ1) is 16.2. The van der Waals surface area contributed by atoms with Crippen LogP contribution in [0.15, 0.2) is 12.1 Å². The van der Waals surface area contributed by atoms with Gasteiger partial charge in [-0.3, -0.25) is 9.59 Å². The molecule has 0 aromatic heterocycles. The first-order valence-corrected chi connectivity index (χ1v) is 15.0. The molecule has 4 aliphatic rings. The molecule has 9 nitrogen and oxygen atoms in total. The normalized spacial score (nSPS) is 32.9. The molecule has 10 heteroatoms. The molecule has 1 saturated carbocycles. The molecule has 1 saturated heterocycles. The molecular weight excluding hydrogens is 470 g/mol. The molecule has 1 amide bonds. The van der Waals surface area contributed by atoms with E-state index in [1.54, 1.807) is 6.07 Å². The highest BCUT2D eigenvalue weighted by atomic mass is 28.4. The topological polar surface area (TPSA) is 102 Å². The van der Waals surface area contributed by atoms with Gasteiger partial charge in [0.15, 0.2) is 25.6 Å². The van der Waals surface area contributed by atoms with Crippen LogP contribution in [0.3, 0.4) is 0 Å². The van der Waals surface area contributed by atoms with Crippen LogP contribution in [-0.4, -0.2) is 64.2 Å². The van der Waals surface area contributed by atoms with Crippen LogP contribution in [0.25, 0.3) is 0 Å². The minimum absolute atomic E-state index is 0.0846. The lowest BCUT2D eigenvalue weighted by molar-refractivity contribution is -0.166. The van der Waals surface area contributed by atoms with E-state index >= 15 is 0 Å². The van der Waals surface area contributed by atoms with Gasteiger partial charge < -0.3 is 33.4 Å². The molecule has 1 aromatic rings. The highest BCUT2D eigenvalue weighted by Gasteiger charge is 2.64. The van der Waals surface area contributed by atoms with Crippen molar-refractivity contribution < 1.29 is 37.7 Å². The van der Waals surface area contributed by atoms with Crippen molar-refractivity contribution in [2.75, 3.05) is 13.9 Å². The Kier molecular flexibility index (Phi) is 5.56. The average molecular weight is 506 g/mol. The van der Waals surface area contributed by atoms with Crippen LogP contribution in [0.5, 0.6) is 11.5 Å². The standard InChI is InChI=1S/C25H35NO8Si/c1-24(2,3)35(7,8)34-19-17(23(28)29-6)16-12-9-14-15(31-11-30-14)10-13(12)22(27)26-18(16)20-21(19)33-25(4,5)32-20/h9-10,16-21H,11H2,1-8H3,(H,26,27)/t16-,17+,18+,19-,20-,21+/m0/s1. The van der Waals surface area contributed by atoms with Gasteiger partial charge in [-0.1, -0.05) is 20.8 Å². The van der Waals surface area contributed by atoms with Crippen molar-refractivity contribution >= 4 is 20.2 Å². The van der Waals surface area contributed by atoms with E-state index in [-0.39, 0.29) is 17.7 Å². The van der Waals surface area contributed by atoms with Gasteiger partial charge in [-0.05, 0) is 49.7 Å². The highest BCUT2D eigenvalue weighted by Crippen LogP contribution is 2.53. The number of fused-ring (bicyclic) bond motifs is 6. The number of carbonyl (C=O) groups excluding carboxylic acids is 2. The van der Waals surface area contributed by atoms with Crippen molar-refractivity contribution in [3.05, 3.63) is 23.3 Å². The summed E-state index contributed by atoms with van der Waals surface area (Å²) in [6.45, 7) is 14.5. The maximum absolute atomic E-state index is 13.5. The highest BCUT2D eigenvalue weighted by molar-refractivity contribution is 6.74. The zero-order valence-electron chi connectivity index (χ0n) is 21.6. The largest absolute Gasteiger partial charge is 0.469 e. The molecule has 0 radical (unpaired) electrons. The summed E-state index contributed by atoms with van der Waals surface area (Å²) in [4.78, 5) is 26.7. The van der Waals surface area contributed by atoms with Crippen LogP contribution in [0.2, 0.25) is 18.1 Å². The number of amides is 1. The fourth-order valence-corrected chi connectivity index (χ4v) is 6.79. The molecule has 3 heterocycles. The summed E-state index contributed by atoms with van der Waals surface area (Å²) in [5.74, 6) is -1.69. The Morgan fingerprint density at radius 2 is 1.74 bits per heavy atom. The smallest absolute Gasteiger partial charge is 0.312 e. The molecule has 0 spiro atoms. The van der Waals surface area contributed by atoms with Crippen molar-refractivity contribution in [2.24, 2.45) is 5.92 Å². The van der Waals surface area contributed by atoms with Crippen molar-refractivity contribution in [2.45, 2.75) is 88.8 Å². The van der Waals surface area contributed by atoms with Gasteiger partial charge in [-0.15, -0.1) is 0 Å². The summed E-state index contributed by atoms with van der Waals surface area (Å²) in [7, 11) is -0.973. The molecule has 0 bridgehead atoms. The number of esters is 1. The van der Waals surface area contributed by atoms with Crippen molar-refractivity contribution in [1.82, 2.24) is 5.32 Å². The minimum Gasteiger partial charge on any atom is -0.469 e. The van der Waals surface area contributed by atoms with E-state index < -0.39 is 56.3 Å². The summed E-state index contributed by atoms with van der Waals surface area (Å²) in [5, 5.41) is 3.01. The Morgan fingerprint density at radius 1 is 1.11 bits per heavy atom. The molecular formula is C25H35NO8Si. The molecule has 1 aromatic carbocycles. The van der Waals surface area contributed by atoms with Crippen molar-refractivity contribution in [3.63, 3.8) is 0 Å². The van der Waals surface area contributed by atoms with Gasteiger partial charge in [0.1, 0.15) is 12.2 Å². The Labute approximate surface area is 206 Å². The molecule has 1 aliphatic carbocycles. The van der Waals surface area contributed by atoms with Gasteiger partial charge in [0.25, 0.3) is 5.91 Å². The van der Waals surface area contributed by atoms with Gasteiger partial charge in [-0.2, -0.15) is 0 Å². The lowest BCUT2D eigenvalue weighted by Gasteiger charge is -2.51. The molecule has 5 rings (SSSR count). The third-order valence-electron chi connectivity index (χ3n) is 8.13. The summed E-state index contributed by atoms with van der Waals surface area (Å²) < 4.78 is 36.1. The van der Waals surface area contributed by atoms with E-state index in [9.17, 15) is 9.59 Å². The molecule has 192 valence electrons. The van der Waals surface area contributed by atoms with Crippen LogP contribution in [-0.2, 0) is 23.4 Å². The monoisotopic (exact) mass is 505 g/mol. The van der Waals surface area contributed by atoms with E-state index in [0.717, 1.165) is 0 Å². The summed E-state index contributed by atoms with van der Waals surface area (Å²) in [6.07, 6.45) is -1.68. The predicted molar refractivity (Wildman–Crippen MR) is 128 cm³/mol. The van der Waals surface area contributed by atoms with Gasteiger partial charge in [0.2, 0.25) is 6.79 Å². The van der Waals surface area contributed by atoms with Crippen molar-refractivity contribution in [1.29, 1.82) is 0 Å². The Balaban J connectivity index is 1.68. The number of nitrogens with one attached hydrogen (secondary N) is 1. The second kappa shape index (κ2) is 7.93. The van der Waals surface area contributed by atoms with E-state index in [0.29, 0.717) is 22.6 Å². The van der Waals surface area contributed by atoms with E-state index in [1.807, 2.05) is 19.9 Å². The maximum Gasteiger partial charge on any atom is 0.312 e. The zero-order valence-corrected chi connectivity index (χ0v) is 22.6. The van der Waals surface area contributed by atoms with Crippen LogP contribution >= 0.6 is 0 Å². The number of methoxy groups -OCH3 is 1. The van der Waals surface area contributed by atoms with Gasteiger partial charge >= 0.3 is 5.97 Å². The van der Waals surface area contributed by atoms with Gasteiger partial charge in [-0.25, -0.2) is 0 Å². The lowest BCUT2D eigenvalue weighted by Crippen LogP contribution is -2.67. The number of hydrogen-bond donors (Lipinski definition) is 1. The minimum atomic E-state index is -2.35. The van der Waals surface area contributed by atoms with Crippen LogP contribution in [0.1, 0.15) is 56.5 Å². The van der Waals surface area contributed by atoms with Gasteiger partial charge in [0, 0.05) is 11.5 Å². The average Bonchev–Trinajstić information content (AvgIpc) is 3.34. The SMILES string of the molecule is COC(=O)[C@H]1[C@H](O[Si](C)(C)C(C)(C)C)[C@H]2OC(C)(C)O[C@H]2[C@@H]2NC(=O)c3cc4c(cc3[C@H]21)OCO4. The molecule has 3 aliphatic heterocycles. The Hall–Kier alpha value is -2.14. The second-order valence-corrected chi connectivity index (χ2v) is 16.5. The number of hydrogen-bond acceptors (Lipinski definition) is 8. The summed E-state index contributed by atoms with van der Waals surface area (Å²) in [5.41, 5.74) is 1.15. The van der Waals surface area contributed by atoms with Crippen LogP contribution in [0.4, 0.5) is 0 Å². The number of carbonyl (C=O) groups is 2. The maximum atomic E-state index is 13.5. The predicted octanol–water partition coefficient (Wildman–Crippen LogP) is 3.32. The Bertz CT molecular complexity index is 1060. The van der Waals surface area contributed by atoms with Crippen LogP contribution in [0, 0.1) is 5.92 Å². The van der Waals surface area contributed by atoms with Crippen molar-refractivity contribution in [3.8, 4) is 11.5 Å². The first-order valence-electron chi connectivity index (χ1n) is 12.1. The third kappa shape index (κ3) is 3.85. The van der Waals surface area contributed by atoms with E-state index in [1.165, 1.54) is 7.11 Å². The molecule has 6 atom stereocenters. The number of ether oxygens (including phenoxy) is 5.